The largest absolute Gasteiger partial charge is 0.355 e. The molecule has 0 aliphatic heterocycles. The van der Waals surface area contributed by atoms with Crippen molar-refractivity contribution in [2.45, 2.75) is 51.4 Å². The van der Waals surface area contributed by atoms with Gasteiger partial charge in [0.25, 0.3) is 0 Å². The Labute approximate surface area is 197 Å². The van der Waals surface area contributed by atoms with Gasteiger partial charge in [-0.15, -0.1) is 0 Å². The molecular weight excluding hydrogens is 398 g/mol. The topological polar surface area (TPSA) is 12.0 Å². The first-order chi connectivity index (χ1) is 16.0. The normalized spacial score (nSPS) is 16.0. The van der Waals surface area contributed by atoms with Crippen LogP contribution in [-0.4, -0.2) is 0 Å². The molecule has 0 unspecified atom stereocenters. The third-order valence-corrected chi connectivity index (χ3v) is 8.33. The van der Waals surface area contributed by atoms with Crippen LogP contribution >= 0.6 is 0 Å². The molecule has 0 atom stereocenters. The van der Waals surface area contributed by atoms with Gasteiger partial charge < -0.3 is 5.32 Å². The molecule has 6 rings (SSSR count). The van der Waals surface area contributed by atoms with E-state index in [1.54, 1.807) is 0 Å². The molecule has 4 aromatic carbocycles. The Balaban J connectivity index is 1.47. The van der Waals surface area contributed by atoms with Gasteiger partial charge in [0.05, 0.1) is 0 Å². The zero-order valence-corrected chi connectivity index (χ0v) is 20.0. The first-order valence-corrected chi connectivity index (χ1v) is 12.3. The highest BCUT2D eigenvalue weighted by atomic mass is 14.9. The van der Waals surface area contributed by atoms with E-state index in [-0.39, 0.29) is 10.8 Å². The standard InChI is InChI=1S/C32H31N/c1-5-32(6-2)27-16-10-8-12-22(27)24-19-18-21(20-28(24)32)33-29-17-11-14-25-23-13-7-9-15-26(23)31(3,4)30(25)29/h7-20,33H,5-6H2,1-4H3. The fourth-order valence-corrected chi connectivity index (χ4v) is 6.65. The van der Waals surface area contributed by atoms with Crippen molar-refractivity contribution in [2.24, 2.45) is 0 Å². The second-order valence-electron chi connectivity index (χ2n) is 10.1. The lowest BCUT2D eigenvalue weighted by molar-refractivity contribution is 0.490. The highest BCUT2D eigenvalue weighted by Crippen LogP contribution is 2.54. The highest BCUT2D eigenvalue weighted by molar-refractivity contribution is 5.88. The molecule has 4 aromatic rings. The van der Waals surface area contributed by atoms with Crippen LogP contribution in [-0.2, 0) is 10.8 Å². The number of hydrogen-bond acceptors (Lipinski definition) is 1. The Morgan fingerprint density at radius 2 is 1.21 bits per heavy atom. The number of rotatable bonds is 4. The molecule has 2 aliphatic carbocycles. The van der Waals surface area contributed by atoms with E-state index in [0.717, 1.165) is 12.8 Å². The molecule has 164 valence electrons. The Morgan fingerprint density at radius 1 is 0.606 bits per heavy atom. The second-order valence-corrected chi connectivity index (χ2v) is 10.1. The molecular formula is C32H31N. The molecule has 0 radical (unpaired) electrons. The maximum Gasteiger partial charge on any atom is 0.0431 e. The van der Waals surface area contributed by atoms with E-state index >= 15 is 0 Å². The van der Waals surface area contributed by atoms with E-state index in [2.05, 4.69) is 118 Å². The van der Waals surface area contributed by atoms with E-state index in [9.17, 15) is 0 Å². The van der Waals surface area contributed by atoms with Gasteiger partial charge in [0.2, 0.25) is 0 Å². The van der Waals surface area contributed by atoms with Crippen molar-refractivity contribution in [3.63, 3.8) is 0 Å². The van der Waals surface area contributed by atoms with Crippen LogP contribution in [0.2, 0.25) is 0 Å². The molecule has 0 heterocycles. The third-order valence-electron chi connectivity index (χ3n) is 8.33. The predicted octanol–water partition coefficient (Wildman–Crippen LogP) is 8.82. The molecule has 0 bridgehead atoms. The SMILES string of the molecule is CCC1(CC)c2ccccc2-c2ccc(Nc3cccc4c3C(C)(C)c3ccccc3-4)cc21. The van der Waals surface area contributed by atoms with Gasteiger partial charge in [0, 0.05) is 22.2 Å². The monoisotopic (exact) mass is 429 g/mol. The van der Waals surface area contributed by atoms with Crippen molar-refractivity contribution in [2.75, 3.05) is 5.32 Å². The van der Waals surface area contributed by atoms with E-state index in [0.29, 0.717) is 0 Å². The Kier molecular flexibility index (Phi) is 4.36. The summed E-state index contributed by atoms with van der Waals surface area (Å²) in [5.41, 5.74) is 13.7. The van der Waals surface area contributed by atoms with Gasteiger partial charge >= 0.3 is 0 Å². The zero-order chi connectivity index (χ0) is 22.8. The minimum atomic E-state index is -0.0287. The number of hydrogen-bond donors (Lipinski definition) is 1. The average Bonchev–Trinajstić information content (AvgIpc) is 3.26. The van der Waals surface area contributed by atoms with Crippen LogP contribution in [0, 0.1) is 0 Å². The van der Waals surface area contributed by atoms with Crippen LogP contribution in [0.3, 0.4) is 0 Å². The fourth-order valence-electron chi connectivity index (χ4n) is 6.65. The summed E-state index contributed by atoms with van der Waals surface area (Å²) in [5, 5.41) is 3.84. The average molecular weight is 430 g/mol. The molecule has 2 aliphatic rings. The smallest absolute Gasteiger partial charge is 0.0431 e. The summed E-state index contributed by atoms with van der Waals surface area (Å²) in [6.07, 6.45) is 2.22. The lowest BCUT2D eigenvalue weighted by atomic mass is 9.74. The van der Waals surface area contributed by atoms with Crippen LogP contribution in [0.4, 0.5) is 11.4 Å². The summed E-state index contributed by atoms with van der Waals surface area (Å²) in [6.45, 7) is 9.36. The Morgan fingerprint density at radius 3 is 1.94 bits per heavy atom. The number of anilines is 2. The lowest BCUT2D eigenvalue weighted by Crippen LogP contribution is -2.23. The molecule has 0 spiro atoms. The molecule has 0 saturated heterocycles. The molecule has 0 amide bonds. The summed E-state index contributed by atoms with van der Waals surface area (Å²) in [6, 6.07) is 31.5. The van der Waals surface area contributed by atoms with Crippen molar-refractivity contribution in [3.8, 4) is 22.3 Å². The van der Waals surface area contributed by atoms with Crippen molar-refractivity contribution >= 4 is 11.4 Å². The van der Waals surface area contributed by atoms with Gasteiger partial charge in [0.1, 0.15) is 0 Å². The van der Waals surface area contributed by atoms with Crippen molar-refractivity contribution in [3.05, 3.63) is 107 Å². The van der Waals surface area contributed by atoms with Crippen molar-refractivity contribution in [1.82, 2.24) is 0 Å². The molecule has 0 saturated carbocycles. The molecule has 1 N–H and O–H groups in total. The van der Waals surface area contributed by atoms with Crippen LogP contribution in [0.1, 0.15) is 62.8 Å². The summed E-state index contributed by atoms with van der Waals surface area (Å²) in [5.74, 6) is 0. The van der Waals surface area contributed by atoms with E-state index in [4.69, 9.17) is 0 Å². The molecule has 0 fully saturated rings. The van der Waals surface area contributed by atoms with E-state index in [1.807, 2.05) is 0 Å². The minimum absolute atomic E-state index is 0.0287. The summed E-state index contributed by atoms with van der Waals surface area (Å²) in [4.78, 5) is 0. The molecule has 1 nitrogen and oxygen atoms in total. The Hall–Kier alpha value is -3.32. The van der Waals surface area contributed by atoms with Gasteiger partial charge in [0.15, 0.2) is 0 Å². The Bertz CT molecular complexity index is 1390. The number of nitrogens with one attached hydrogen (secondary N) is 1. The number of benzene rings is 4. The first-order valence-electron chi connectivity index (χ1n) is 12.3. The lowest BCUT2D eigenvalue weighted by Gasteiger charge is -2.30. The second kappa shape index (κ2) is 7.09. The zero-order valence-electron chi connectivity index (χ0n) is 20.0. The van der Waals surface area contributed by atoms with Crippen molar-refractivity contribution in [1.29, 1.82) is 0 Å². The van der Waals surface area contributed by atoms with Gasteiger partial charge in [-0.2, -0.15) is 0 Å². The van der Waals surface area contributed by atoms with Gasteiger partial charge in [-0.25, -0.2) is 0 Å². The summed E-state index contributed by atoms with van der Waals surface area (Å²) >= 11 is 0. The van der Waals surface area contributed by atoms with E-state index < -0.39 is 0 Å². The molecule has 0 aromatic heterocycles. The first kappa shape index (κ1) is 20.3. The van der Waals surface area contributed by atoms with E-state index in [1.165, 1.54) is 55.9 Å². The maximum atomic E-state index is 3.84. The maximum absolute atomic E-state index is 3.84. The predicted molar refractivity (Wildman–Crippen MR) is 141 cm³/mol. The summed E-state index contributed by atoms with van der Waals surface area (Å²) in [7, 11) is 0. The number of fused-ring (bicyclic) bond motifs is 6. The van der Waals surface area contributed by atoms with Crippen LogP contribution in [0.25, 0.3) is 22.3 Å². The third kappa shape index (κ3) is 2.66. The van der Waals surface area contributed by atoms with Gasteiger partial charge in [-0.05, 0) is 75.5 Å². The highest BCUT2D eigenvalue weighted by Gasteiger charge is 2.41. The van der Waals surface area contributed by atoms with Crippen LogP contribution in [0.15, 0.2) is 84.9 Å². The van der Waals surface area contributed by atoms with Crippen molar-refractivity contribution < 1.29 is 0 Å². The molecule has 33 heavy (non-hydrogen) atoms. The van der Waals surface area contributed by atoms with Gasteiger partial charge in [-0.1, -0.05) is 94.4 Å². The molecule has 1 heteroatoms. The van der Waals surface area contributed by atoms with Gasteiger partial charge in [-0.3, -0.25) is 0 Å². The summed E-state index contributed by atoms with van der Waals surface area (Å²) < 4.78 is 0. The van der Waals surface area contributed by atoms with Crippen LogP contribution in [0.5, 0.6) is 0 Å². The fraction of sp³-hybridized carbons (Fsp3) is 0.250. The minimum Gasteiger partial charge on any atom is -0.355 e. The quantitative estimate of drug-likeness (QED) is 0.342. The van der Waals surface area contributed by atoms with Crippen LogP contribution < -0.4 is 5.32 Å².